The average Bonchev–Trinajstić information content (AvgIpc) is 3.97. The molecule has 2 aliphatic carbocycles. The number of aryl methyl sites for hydroxylation is 1. The first-order chi connectivity index (χ1) is 31.1. The fraction of sp³-hybridized carbons (Fsp3) is 0.694. The van der Waals surface area contributed by atoms with Gasteiger partial charge in [0, 0.05) is 109 Å². The van der Waals surface area contributed by atoms with E-state index in [9.17, 15) is 19.5 Å². The molecule has 0 bridgehead atoms. The van der Waals surface area contributed by atoms with Crippen LogP contribution in [0.3, 0.4) is 0 Å². The maximum Gasteiger partial charge on any atom is 0.329 e. The Morgan fingerprint density at radius 2 is 1.70 bits per heavy atom. The summed E-state index contributed by atoms with van der Waals surface area (Å²) in [5.41, 5.74) is 4.91. The number of hydrogen-bond donors (Lipinski definition) is 3. The Balaban J connectivity index is 0.689. The number of piperidine rings is 1. The molecule has 4 aromatic rings. The molecule has 1 aromatic carbocycles. The van der Waals surface area contributed by atoms with E-state index in [2.05, 4.69) is 68.3 Å². The van der Waals surface area contributed by atoms with Crippen LogP contribution >= 0.6 is 0 Å². The molecular weight excluding hydrogens is 809 g/mol. The van der Waals surface area contributed by atoms with Gasteiger partial charge in [0.25, 0.3) is 0 Å². The summed E-state index contributed by atoms with van der Waals surface area (Å²) in [6.07, 6.45) is 18.1. The van der Waals surface area contributed by atoms with Crippen molar-refractivity contribution in [2.45, 2.75) is 147 Å². The second-order valence-electron chi connectivity index (χ2n) is 20.0. The lowest BCUT2D eigenvalue weighted by Crippen LogP contribution is -2.48. The third-order valence-electron chi connectivity index (χ3n) is 15.3. The second-order valence-corrected chi connectivity index (χ2v) is 20.0. The summed E-state index contributed by atoms with van der Waals surface area (Å²) in [5, 5.41) is 17.4. The van der Waals surface area contributed by atoms with Crippen LogP contribution in [0, 0.1) is 5.92 Å². The number of aliphatic hydroxyl groups excluding tert-OH is 1. The van der Waals surface area contributed by atoms with Crippen LogP contribution in [0.4, 0.5) is 5.95 Å². The zero-order chi connectivity index (χ0) is 44.3. The van der Waals surface area contributed by atoms with Gasteiger partial charge in [0.05, 0.1) is 23.2 Å². The first-order valence-corrected chi connectivity index (χ1v) is 24.7. The number of aliphatic hydroxyl groups is 1. The van der Waals surface area contributed by atoms with E-state index in [1.807, 2.05) is 6.07 Å². The Bertz CT molecular complexity index is 2300. The molecule has 0 spiro atoms. The number of carbonyl (C=O) groups excluding carboxylic acids is 2. The number of nitrogens with zero attached hydrogens (tertiary/aromatic N) is 8. The van der Waals surface area contributed by atoms with Crippen LogP contribution in [0.5, 0.6) is 0 Å². The van der Waals surface area contributed by atoms with Gasteiger partial charge in [-0.1, -0.05) is 19.4 Å². The van der Waals surface area contributed by atoms with Crippen molar-refractivity contribution in [2.75, 3.05) is 64.3 Å². The number of rotatable bonds is 16. The number of hydrogen-bond acceptors (Lipinski definition) is 11. The van der Waals surface area contributed by atoms with E-state index in [0.717, 1.165) is 144 Å². The first-order valence-electron chi connectivity index (χ1n) is 24.7. The summed E-state index contributed by atoms with van der Waals surface area (Å²) >= 11 is 0. The van der Waals surface area contributed by atoms with Gasteiger partial charge in [-0.25, -0.2) is 9.78 Å². The quantitative estimate of drug-likeness (QED) is 0.0937. The Kier molecular flexibility index (Phi) is 14.2. The van der Waals surface area contributed by atoms with Crippen LogP contribution in [0.25, 0.3) is 22.1 Å². The summed E-state index contributed by atoms with van der Waals surface area (Å²) in [6, 6.07) is 6.10. The third-order valence-corrected chi connectivity index (χ3v) is 15.3. The Hall–Kier alpha value is -4.15. The van der Waals surface area contributed by atoms with E-state index in [4.69, 9.17) is 14.7 Å². The molecule has 15 heteroatoms. The molecule has 3 aliphatic heterocycles. The van der Waals surface area contributed by atoms with Gasteiger partial charge >= 0.3 is 5.69 Å². The van der Waals surface area contributed by atoms with Crippen molar-refractivity contribution in [3.8, 4) is 0 Å². The Labute approximate surface area is 377 Å². The molecule has 9 rings (SSSR count). The van der Waals surface area contributed by atoms with Gasteiger partial charge < -0.3 is 29.5 Å². The molecule has 64 heavy (non-hydrogen) atoms. The highest BCUT2D eigenvalue weighted by Crippen LogP contribution is 2.42. The third kappa shape index (κ3) is 10.1. The maximum atomic E-state index is 13.2. The number of ether oxygens (including phenoxy) is 1. The summed E-state index contributed by atoms with van der Waals surface area (Å²) in [4.78, 5) is 55.2. The smallest absolute Gasteiger partial charge is 0.329 e. The molecule has 3 saturated heterocycles. The molecule has 3 aromatic heterocycles. The minimum atomic E-state index is -0.674. The molecule has 3 N–H and O–H groups in total. The number of anilines is 1. The number of carbonyl (C=O) groups is 2. The lowest BCUT2D eigenvalue weighted by atomic mass is 9.78. The van der Waals surface area contributed by atoms with Crippen molar-refractivity contribution in [2.24, 2.45) is 13.0 Å². The molecule has 2 amide bonds. The lowest BCUT2D eigenvalue weighted by molar-refractivity contribution is -0.135. The average molecular weight is 881 g/mol. The fourth-order valence-corrected chi connectivity index (χ4v) is 11.6. The number of imide groups is 1. The highest BCUT2D eigenvalue weighted by Gasteiger charge is 2.33. The predicted molar refractivity (Wildman–Crippen MR) is 249 cm³/mol. The van der Waals surface area contributed by atoms with Crippen molar-refractivity contribution in [1.29, 1.82) is 0 Å². The number of piperazine rings is 1. The molecule has 348 valence electrons. The van der Waals surface area contributed by atoms with Crippen LogP contribution in [0.1, 0.15) is 133 Å². The highest BCUT2D eigenvalue weighted by molar-refractivity contribution is 6.00. The number of likely N-dealkylation sites (tertiary alicyclic amines) is 1. The molecule has 5 aliphatic rings. The number of amides is 2. The minimum absolute atomic E-state index is 0.172. The van der Waals surface area contributed by atoms with Crippen LogP contribution in [0.2, 0.25) is 0 Å². The van der Waals surface area contributed by atoms with E-state index >= 15 is 0 Å². The molecule has 15 nitrogen and oxygen atoms in total. The van der Waals surface area contributed by atoms with E-state index < -0.39 is 11.9 Å². The summed E-state index contributed by atoms with van der Waals surface area (Å²) < 4.78 is 12.0. The van der Waals surface area contributed by atoms with Crippen LogP contribution < -0.4 is 16.3 Å². The van der Waals surface area contributed by atoms with Gasteiger partial charge in [0.1, 0.15) is 11.7 Å². The molecule has 3 atom stereocenters. The van der Waals surface area contributed by atoms with Crippen molar-refractivity contribution in [3.05, 3.63) is 52.2 Å². The lowest BCUT2D eigenvalue weighted by Gasteiger charge is -2.38. The van der Waals surface area contributed by atoms with E-state index in [0.29, 0.717) is 24.4 Å². The van der Waals surface area contributed by atoms with Crippen molar-refractivity contribution in [3.63, 3.8) is 0 Å². The first kappa shape index (κ1) is 45.0. The number of imidazole rings is 1. The number of fused-ring (bicyclic) bond motifs is 2. The Morgan fingerprint density at radius 1 is 0.922 bits per heavy atom. The number of aromatic nitrogens is 5. The van der Waals surface area contributed by atoms with Crippen molar-refractivity contribution >= 4 is 39.8 Å². The van der Waals surface area contributed by atoms with Crippen LogP contribution in [-0.2, 0) is 27.9 Å². The SMILES string of the molecule is CCC[C@H](C)Nc1ncc2c(C3CCC(CN4CCN(CCCO[C@H]5CCN(Cc6ccc7c(c6)n(C)c(=O)n7C6CCC(=O)NC6=O)C5)CC4)CC3)cn(C3CCC(O)CC3)c2n1. The summed E-state index contributed by atoms with van der Waals surface area (Å²) in [7, 11) is 1.74. The maximum absolute atomic E-state index is 13.2. The molecule has 1 unspecified atom stereocenters. The van der Waals surface area contributed by atoms with Gasteiger partial charge in [-0.3, -0.25) is 28.9 Å². The molecule has 2 saturated carbocycles. The van der Waals surface area contributed by atoms with Gasteiger partial charge in [-0.15, -0.1) is 0 Å². The van der Waals surface area contributed by atoms with Crippen LogP contribution in [0.15, 0.2) is 35.4 Å². The summed E-state index contributed by atoms with van der Waals surface area (Å²) in [5.74, 6) is 1.33. The van der Waals surface area contributed by atoms with Gasteiger partial charge in [0.15, 0.2) is 0 Å². The topological polar surface area (TPSA) is 155 Å². The van der Waals surface area contributed by atoms with Gasteiger partial charge in [0.2, 0.25) is 17.8 Å². The van der Waals surface area contributed by atoms with Crippen molar-refractivity contribution < 1.29 is 19.4 Å². The van der Waals surface area contributed by atoms with Crippen molar-refractivity contribution in [1.82, 2.24) is 43.7 Å². The molecule has 6 heterocycles. The normalized spacial score (nSPS) is 27.1. The van der Waals surface area contributed by atoms with E-state index in [-0.39, 0.29) is 30.2 Å². The van der Waals surface area contributed by atoms with E-state index in [1.54, 1.807) is 16.2 Å². The Morgan fingerprint density at radius 3 is 2.47 bits per heavy atom. The molecular formula is C49H72N10O5. The number of nitrogens with one attached hydrogen (secondary N) is 2. The standard InChI is InChI=1S/C49H72N10O5/c1-4-6-33(2)51-48-50-28-40-41(32-58(46(40)53-48)37-12-14-38(60)15-13-37)36-10-7-34(8-11-36)29-56-24-22-55(23-25-56)20-5-26-64-39-19-21-57(31-39)30-35-9-16-42-44(27-35)54(3)49(63)59(42)43-17-18-45(61)52-47(43)62/h9,16,27-28,32-34,36-39,43,60H,4-8,10-15,17-26,29-31H2,1-3H3,(H,50,51,53)(H,52,61,62)/t33-,34?,36?,37?,38?,39-,43?/m0/s1. The molecule has 5 fully saturated rings. The van der Waals surface area contributed by atoms with Crippen LogP contribution in [-0.4, -0.2) is 133 Å². The highest BCUT2D eigenvalue weighted by atomic mass is 16.5. The largest absolute Gasteiger partial charge is 0.393 e. The monoisotopic (exact) mass is 881 g/mol. The predicted octanol–water partition coefficient (Wildman–Crippen LogP) is 5.71. The molecule has 0 radical (unpaired) electrons. The fourth-order valence-electron chi connectivity index (χ4n) is 11.6. The van der Waals surface area contributed by atoms with Gasteiger partial charge in [-0.2, -0.15) is 4.98 Å². The van der Waals surface area contributed by atoms with Gasteiger partial charge in [-0.05, 0) is 119 Å². The summed E-state index contributed by atoms with van der Waals surface area (Å²) in [6.45, 7) is 14.7. The van der Waals surface area contributed by atoms with E-state index in [1.165, 1.54) is 43.2 Å². The number of benzene rings is 1. The zero-order valence-corrected chi connectivity index (χ0v) is 38.6. The second kappa shape index (κ2) is 20.2. The minimum Gasteiger partial charge on any atom is -0.393 e. The zero-order valence-electron chi connectivity index (χ0n) is 38.6.